The number of nitrogens with zero attached hydrogens (tertiary/aromatic N) is 1. The van der Waals surface area contributed by atoms with Crippen LogP contribution >= 0.6 is 0 Å². The van der Waals surface area contributed by atoms with E-state index in [-0.39, 0.29) is 0 Å². The Morgan fingerprint density at radius 1 is 0.600 bits per heavy atom. The molecule has 0 aliphatic carbocycles. The van der Waals surface area contributed by atoms with Gasteiger partial charge in [-0.1, -0.05) is 91.0 Å². The summed E-state index contributed by atoms with van der Waals surface area (Å²) in [7, 11) is 0. The first-order valence-corrected chi connectivity index (χ1v) is 8.34. The summed E-state index contributed by atoms with van der Waals surface area (Å²) in [5.74, 6) is 0.872. The molecular formula is C22H19N3. The third-order valence-corrected chi connectivity index (χ3v) is 4.44. The fourth-order valence-corrected chi connectivity index (χ4v) is 3.31. The molecule has 1 heterocycles. The van der Waals surface area contributed by atoms with E-state index in [4.69, 9.17) is 0 Å². The fourth-order valence-electron chi connectivity index (χ4n) is 3.31. The predicted molar refractivity (Wildman–Crippen MR) is 101 cm³/mol. The standard InChI is InChI=1S/C22H19N3/c1-4-10-18(11-5-1)22(19-12-6-2-7-13-19,20-14-8-3-9-15-20)24-21-16-17-23-25-21/h1-17H,(H2,23,24,25). The smallest absolute Gasteiger partial charge is 0.122 e. The van der Waals surface area contributed by atoms with Crippen molar-refractivity contribution in [3.05, 3.63) is 120 Å². The molecule has 0 unspecified atom stereocenters. The van der Waals surface area contributed by atoms with Gasteiger partial charge < -0.3 is 5.32 Å². The molecule has 25 heavy (non-hydrogen) atoms. The molecule has 4 rings (SSSR count). The maximum Gasteiger partial charge on any atom is 0.122 e. The highest BCUT2D eigenvalue weighted by Crippen LogP contribution is 2.39. The minimum absolute atomic E-state index is 0.518. The molecule has 3 nitrogen and oxygen atoms in total. The number of nitrogens with one attached hydrogen (secondary N) is 2. The van der Waals surface area contributed by atoms with Crippen molar-refractivity contribution >= 4 is 5.82 Å². The molecule has 0 aliphatic heterocycles. The lowest BCUT2D eigenvalue weighted by Gasteiger charge is -2.37. The molecule has 0 radical (unpaired) electrons. The Balaban J connectivity index is 2.01. The molecule has 0 fully saturated rings. The topological polar surface area (TPSA) is 40.7 Å². The molecule has 0 atom stereocenters. The van der Waals surface area contributed by atoms with Gasteiger partial charge in [0.25, 0.3) is 0 Å². The first-order valence-electron chi connectivity index (χ1n) is 8.34. The Labute approximate surface area is 147 Å². The number of aromatic nitrogens is 2. The largest absolute Gasteiger partial charge is 0.353 e. The number of hydrogen-bond acceptors (Lipinski definition) is 2. The average Bonchev–Trinajstić information content (AvgIpc) is 3.21. The number of aromatic amines is 1. The molecular weight excluding hydrogens is 306 g/mol. The number of hydrogen-bond donors (Lipinski definition) is 2. The summed E-state index contributed by atoms with van der Waals surface area (Å²) in [4.78, 5) is 0. The van der Waals surface area contributed by atoms with E-state index in [2.05, 4.69) is 88.3 Å². The van der Waals surface area contributed by atoms with E-state index < -0.39 is 5.54 Å². The quantitative estimate of drug-likeness (QED) is 0.517. The number of H-pyrrole nitrogens is 1. The van der Waals surface area contributed by atoms with Crippen LogP contribution in [0, 0.1) is 0 Å². The van der Waals surface area contributed by atoms with Crippen molar-refractivity contribution in [2.45, 2.75) is 5.54 Å². The van der Waals surface area contributed by atoms with Crippen molar-refractivity contribution in [3.8, 4) is 0 Å². The lowest BCUT2D eigenvalue weighted by atomic mass is 9.77. The first kappa shape index (κ1) is 15.2. The summed E-state index contributed by atoms with van der Waals surface area (Å²) >= 11 is 0. The van der Waals surface area contributed by atoms with Crippen LogP contribution in [0.25, 0.3) is 0 Å². The van der Waals surface area contributed by atoms with Crippen LogP contribution < -0.4 is 5.32 Å². The van der Waals surface area contributed by atoms with E-state index in [9.17, 15) is 0 Å². The highest BCUT2D eigenvalue weighted by Gasteiger charge is 2.36. The molecule has 0 bridgehead atoms. The van der Waals surface area contributed by atoms with Gasteiger partial charge in [-0.2, -0.15) is 5.10 Å². The second kappa shape index (κ2) is 6.65. The van der Waals surface area contributed by atoms with Gasteiger partial charge in [-0.3, -0.25) is 5.10 Å². The second-order valence-electron chi connectivity index (χ2n) is 5.94. The van der Waals surface area contributed by atoms with Crippen LogP contribution in [0.4, 0.5) is 5.82 Å². The van der Waals surface area contributed by atoms with Crippen LogP contribution in [-0.4, -0.2) is 10.2 Å². The maximum absolute atomic E-state index is 4.10. The van der Waals surface area contributed by atoms with Crippen molar-refractivity contribution in [3.63, 3.8) is 0 Å². The van der Waals surface area contributed by atoms with E-state index in [0.717, 1.165) is 5.82 Å². The van der Waals surface area contributed by atoms with E-state index in [1.807, 2.05) is 24.3 Å². The zero-order chi connectivity index (χ0) is 17.0. The second-order valence-corrected chi connectivity index (χ2v) is 5.94. The molecule has 2 N–H and O–H groups in total. The first-order chi connectivity index (χ1) is 12.4. The molecule has 0 saturated heterocycles. The Hall–Kier alpha value is -3.33. The van der Waals surface area contributed by atoms with Gasteiger partial charge in [0, 0.05) is 0 Å². The van der Waals surface area contributed by atoms with Gasteiger partial charge >= 0.3 is 0 Å². The molecule has 122 valence electrons. The maximum atomic E-state index is 4.10. The Kier molecular flexibility index (Phi) is 4.05. The molecule has 0 saturated carbocycles. The van der Waals surface area contributed by atoms with Crippen LogP contribution in [0.3, 0.4) is 0 Å². The van der Waals surface area contributed by atoms with Crippen LogP contribution in [0.5, 0.6) is 0 Å². The lowest BCUT2D eigenvalue weighted by molar-refractivity contribution is 0.706. The molecule has 1 aromatic heterocycles. The zero-order valence-electron chi connectivity index (χ0n) is 13.8. The summed E-state index contributed by atoms with van der Waals surface area (Å²) in [6, 6.07) is 33.5. The van der Waals surface area contributed by atoms with Gasteiger partial charge in [0.2, 0.25) is 0 Å². The van der Waals surface area contributed by atoms with Crippen LogP contribution in [0.15, 0.2) is 103 Å². The van der Waals surface area contributed by atoms with Crippen LogP contribution in [-0.2, 0) is 5.54 Å². The van der Waals surface area contributed by atoms with Gasteiger partial charge in [0.15, 0.2) is 0 Å². The lowest BCUT2D eigenvalue weighted by Crippen LogP contribution is -2.38. The minimum Gasteiger partial charge on any atom is -0.353 e. The number of benzene rings is 3. The van der Waals surface area contributed by atoms with Crippen LogP contribution in [0.2, 0.25) is 0 Å². The van der Waals surface area contributed by atoms with Crippen molar-refractivity contribution in [2.24, 2.45) is 0 Å². The zero-order valence-corrected chi connectivity index (χ0v) is 13.8. The average molecular weight is 325 g/mol. The van der Waals surface area contributed by atoms with Gasteiger partial charge in [0.05, 0.1) is 6.20 Å². The van der Waals surface area contributed by atoms with E-state index >= 15 is 0 Å². The van der Waals surface area contributed by atoms with E-state index in [0.29, 0.717) is 0 Å². The van der Waals surface area contributed by atoms with Crippen molar-refractivity contribution in [2.75, 3.05) is 5.32 Å². The highest BCUT2D eigenvalue weighted by molar-refractivity contribution is 5.57. The number of rotatable bonds is 5. The normalized spacial score (nSPS) is 11.2. The molecule has 0 amide bonds. The van der Waals surface area contributed by atoms with Crippen molar-refractivity contribution < 1.29 is 0 Å². The summed E-state index contributed by atoms with van der Waals surface area (Å²) in [6.07, 6.45) is 1.76. The highest BCUT2D eigenvalue weighted by atomic mass is 15.2. The van der Waals surface area contributed by atoms with Gasteiger partial charge in [0.1, 0.15) is 11.4 Å². The summed E-state index contributed by atoms with van der Waals surface area (Å²) in [6.45, 7) is 0. The van der Waals surface area contributed by atoms with E-state index in [1.165, 1.54) is 16.7 Å². The van der Waals surface area contributed by atoms with Crippen molar-refractivity contribution in [1.82, 2.24) is 10.2 Å². The summed E-state index contributed by atoms with van der Waals surface area (Å²) in [5, 5.41) is 10.8. The third kappa shape index (κ3) is 2.81. The van der Waals surface area contributed by atoms with Crippen molar-refractivity contribution in [1.29, 1.82) is 0 Å². The molecule has 3 aromatic carbocycles. The Bertz CT molecular complexity index is 805. The third-order valence-electron chi connectivity index (χ3n) is 4.44. The molecule has 3 heteroatoms. The monoisotopic (exact) mass is 325 g/mol. The molecule has 0 spiro atoms. The molecule has 0 aliphatic rings. The number of anilines is 1. The molecule has 4 aromatic rings. The summed E-state index contributed by atoms with van der Waals surface area (Å²) in [5.41, 5.74) is 2.99. The fraction of sp³-hybridized carbons (Fsp3) is 0.0455. The SMILES string of the molecule is c1ccc(C(Nc2ccn[nH]2)(c2ccccc2)c2ccccc2)cc1. The van der Waals surface area contributed by atoms with E-state index in [1.54, 1.807) is 6.20 Å². The van der Waals surface area contributed by atoms with Gasteiger partial charge in [-0.05, 0) is 22.8 Å². The predicted octanol–water partition coefficient (Wildman–Crippen LogP) is 4.81. The minimum atomic E-state index is -0.518. The van der Waals surface area contributed by atoms with Crippen LogP contribution in [0.1, 0.15) is 16.7 Å². The Morgan fingerprint density at radius 3 is 1.40 bits per heavy atom. The van der Waals surface area contributed by atoms with Gasteiger partial charge in [-0.15, -0.1) is 0 Å². The summed E-state index contributed by atoms with van der Waals surface area (Å²) < 4.78 is 0. The van der Waals surface area contributed by atoms with Gasteiger partial charge in [-0.25, -0.2) is 0 Å². The Morgan fingerprint density at radius 2 is 1.04 bits per heavy atom.